The Kier molecular flexibility index (Phi) is 17.6. The zero-order chi connectivity index (χ0) is 6.24. The van der Waals surface area contributed by atoms with Crippen LogP contribution >= 0.6 is 39.5 Å². The minimum Gasteiger partial charge on any atom is -0.214 e. The molecule has 9 heavy (non-hydrogen) atoms. The molecule has 0 radical (unpaired) electrons. The fourth-order valence-corrected chi connectivity index (χ4v) is 0.321. The van der Waals surface area contributed by atoms with Crippen molar-refractivity contribution in [3.63, 3.8) is 0 Å². The molecule has 0 aromatic heterocycles. The van der Waals surface area contributed by atoms with E-state index in [2.05, 4.69) is 39.5 Å². The third-order valence-corrected chi connectivity index (χ3v) is 0.556. The second kappa shape index (κ2) is 12.1. The van der Waals surface area contributed by atoms with Crippen LogP contribution in [0.3, 0.4) is 0 Å². The molecular formula is C6H8I2Rh-2. The van der Waals surface area contributed by atoms with Crippen molar-refractivity contribution in [2.75, 3.05) is 0 Å². The third-order valence-electron chi connectivity index (χ3n) is 0.556. The van der Waals surface area contributed by atoms with Crippen LogP contribution in [-0.2, 0) is 10.1 Å². The van der Waals surface area contributed by atoms with Crippen molar-refractivity contribution in [1.82, 2.24) is 0 Å². The van der Waals surface area contributed by atoms with Crippen molar-refractivity contribution in [3.8, 4) is 0 Å². The Morgan fingerprint density at radius 2 is 1.44 bits per heavy atom. The van der Waals surface area contributed by atoms with Crippen LogP contribution in [0.25, 0.3) is 0 Å². The van der Waals surface area contributed by atoms with E-state index in [1.165, 1.54) is 0 Å². The van der Waals surface area contributed by atoms with Crippen LogP contribution in [-0.4, -0.2) is 0 Å². The summed E-state index contributed by atoms with van der Waals surface area (Å²) in [6.45, 7) is 0. The first-order valence-corrected chi connectivity index (χ1v) is 11.7. The van der Waals surface area contributed by atoms with Crippen molar-refractivity contribution in [2.24, 2.45) is 0 Å². The molecule has 1 aromatic rings. The number of hydrogen-bond donors (Lipinski definition) is 0. The molecule has 0 N–H and O–H groups in total. The largest absolute Gasteiger partial charge is 0.214 e. The maximum Gasteiger partial charge on any atom is -0.172 e. The van der Waals surface area contributed by atoms with Crippen LogP contribution in [0, 0.1) is 7.43 Å². The monoisotopic (exact) mass is 437 g/mol. The first-order valence-electron chi connectivity index (χ1n) is 1.92. The van der Waals surface area contributed by atoms with Crippen LogP contribution in [0.1, 0.15) is 0 Å². The van der Waals surface area contributed by atoms with Crippen molar-refractivity contribution < 1.29 is 10.1 Å². The maximum atomic E-state index is 2.35. The van der Waals surface area contributed by atoms with E-state index in [-0.39, 0.29) is 7.43 Å². The fourth-order valence-electron chi connectivity index (χ4n) is 0.321. The van der Waals surface area contributed by atoms with Crippen molar-refractivity contribution in [2.45, 2.75) is 0 Å². The van der Waals surface area contributed by atoms with Crippen molar-refractivity contribution >= 4 is 39.5 Å². The van der Waals surface area contributed by atoms with Gasteiger partial charge in [-0.15, -0.1) is 0 Å². The topological polar surface area (TPSA) is 0 Å². The Bertz CT molecular complexity index is 78.0. The molecule has 3 heteroatoms. The molecule has 0 unspecified atom stereocenters. The van der Waals surface area contributed by atoms with Gasteiger partial charge in [-0.25, -0.2) is 12.1 Å². The molecule has 0 aliphatic carbocycles. The number of halogens is 2. The Balaban J connectivity index is 0. The molecule has 1 rings (SSSR count). The van der Waals surface area contributed by atoms with E-state index in [1.807, 2.05) is 30.3 Å². The summed E-state index contributed by atoms with van der Waals surface area (Å²) in [6, 6.07) is 10.0. The molecule has 0 saturated heterocycles. The summed E-state index contributed by atoms with van der Waals surface area (Å²) in [5.74, 6) is 0. The molecule has 0 atom stereocenters. The summed E-state index contributed by atoms with van der Waals surface area (Å²) in [4.78, 5) is 0. The summed E-state index contributed by atoms with van der Waals surface area (Å²) in [6.07, 6.45) is 0. The van der Waals surface area contributed by atoms with E-state index in [9.17, 15) is 0 Å². The van der Waals surface area contributed by atoms with Gasteiger partial charge < -0.3 is 7.43 Å². The summed E-state index contributed by atoms with van der Waals surface area (Å²) < 4.78 is 0. The predicted octanol–water partition coefficient (Wildman–Crippen LogP) is 3.62. The van der Waals surface area contributed by atoms with E-state index < -0.39 is 0 Å². The molecule has 0 aliphatic rings. The van der Waals surface area contributed by atoms with Gasteiger partial charge in [0, 0.05) is 0 Å². The van der Waals surface area contributed by atoms with E-state index in [1.54, 1.807) is 0 Å². The molecule has 0 bridgehead atoms. The maximum absolute atomic E-state index is 2.35. The van der Waals surface area contributed by atoms with Crippen LogP contribution < -0.4 is 0 Å². The summed E-state index contributed by atoms with van der Waals surface area (Å²) >= 11 is 4.69. The Hall–Kier alpha value is 1.43. The molecule has 0 heterocycles. The smallest absolute Gasteiger partial charge is 0.172 e. The van der Waals surface area contributed by atoms with Crippen molar-refractivity contribution in [1.29, 1.82) is 0 Å². The van der Waals surface area contributed by atoms with Gasteiger partial charge in [0.15, 0.2) is 0 Å². The minimum atomic E-state index is 0. The molecule has 0 saturated carbocycles. The van der Waals surface area contributed by atoms with Gasteiger partial charge in [0.2, 0.25) is 0 Å². The van der Waals surface area contributed by atoms with E-state index in [0.29, 0.717) is 0 Å². The van der Waals surface area contributed by atoms with E-state index in [0.717, 1.165) is 10.1 Å². The van der Waals surface area contributed by atoms with Gasteiger partial charge in [0.25, 0.3) is 0 Å². The third kappa shape index (κ3) is 12.6. The quantitative estimate of drug-likeness (QED) is 0.331. The zero-order valence-corrected chi connectivity index (χ0v) is 10.9. The molecule has 0 nitrogen and oxygen atoms in total. The zero-order valence-electron chi connectivity index (χ0n) is 4.98. The first-order chi connectivity index (χ1) is 3.91. The summed E-state index contributed by atoms with van der Waals surface area (Å²) in [5.41, 5.74) is 0. The fraction of sp³-hybridized carbons (Fsp3) is 0. The number of hydrogen-bond acceptors (Lipinski definition) is 0. The minimum absolute atomic E-state index is 0. The second-order valence-electron chi connectivity index (χ2n) is 1.01. The Labute approximate surface area is 86.1 Å². The van der Waals surface area contributed by atoms with Gasteiger partial charge in [0.05, 0.1) is 0 Å². The molecular weight excluding hydrogens is 429 g/mol. The van der Waals surface area contributed by atoms with Gasteiger partial charge in [-0.2, -0.15) is 18.2 Å². The predicted molar refractivity (Wildman–Crippen MR) is 56.5 cm³/mol. The molecule has 0 fully saturated rings. The van der Waals surface area contributed by atoms with Crippen LogP contribution in [0.2, 0.25) is 0 Å². The number of rotatable bonds is 0. The SMILES string of the molecule is [CH3-].[I][Rh][I].c1cc[cH-]c1. The first kappa shape index (κ1) is 13.1. The Morgan fingerprint density at radius 3 is 1.56 bits per heavy atom. The normalized spacial score (nSPS) is 6.89. The molecule has 57 valence electrons. The standard InChI is InChI=1S/C5H5.CH3.2HI.Rh/c1-2-4-5-3-1;;;;/h1-5H;1H3;2*1H;/q2*-1;;;+2/p-2. The Morgan fingerprint density at radius 1 is 1.11 bits per heavy atom. The van der Waals surface area contributed by atoms with Gasteiger partial charge >= 0.3 is 49.6 Å². The summed E-state index contributed by atoms with van der Waals surface area (Å²) in [7, 11) is 0.770. The summed E-state index contributed by atoms with van der Waals surface area (Å²) in [5, 5.41) is 0. The van der Waals surface area contributed by atoms with Gasteiger partial charge in [-0.05, 0) is 0 Å². The van der Waals surface area contributed by atoms with Gasteiger partial charge in [-0.3, -0.25) is 0 Å². The van der Waals surface area contributed by atoms with Gasteiger partial charge in [0.1, 0.15) is 0 Å². The van der Waals surface area contributed by atoms with E-state index in [4.69, 9.17) is 0 Å². The molecule has 0 aliphatic heterocycles. The van der Waals surface area contributed by atoms with Gasteiger partial charge in [-0.1, -0.05) is 0 Å². The van der Waals surface area contributed by atoms with Crippen LogP contribution in [0.5, 0.6) is 0 Å². The average Bonchev–Trinajstić information content (AvgIpc) is 2.17. The average molecular weight is 437 g/mol. The molecule has 0 spiro atoms. The second-order valence-corrected chi connectivity index (χ2v) is 13.6. The van der Waals surface area contributed by atoms with Crippen LogP contribution in [0.15, 0.2) is 30.3 Å². The molecule has 0 amide bonds. The molecule has 1 aromatic carbocycles. The van der Waals surface area contributed by atoms with Crippen LogP contribution in [0.4, 0.5) is 0 Å². The van der Waals surface area contributed by atoms with E-state index >= 15 is 0 Å². The van der Waals surface area contributed by atoms with Crippen molar-refractivity contribution in [3.05, 3.63) is 37.8 Å².